The molecule has 4 N–H and O–H groups in total. The molecular weight excluding hydrogens is 723 g/mol. The van der Waals surface area contributed by atoms with Crippen molar-refractivity contribution in [1.82, 2.24) is 5.32 Å². The van der Waals surface area contributed by atoms with Crippen molar-refractivity contribution >= 4 is 63.6 Å². The second-order valence-corrected chi connectivity index (χ2v) is 16.4. The van der Waals surface area contributed by atoms with Crippen LogP contribution in [0.1, 0.15) is 84.2 Å². The number of thiophene rings is 1. The second kappa shape index (κ2) is 17.8. The number of aromatic hydroxyl groups is 1. The fraction of sp³-hybridized carbons (Fsp3) is 0.333. The summed E-state index contributed by atoms with van der Waals surface area (Å²) < 4.78 is 10.8. The molecule has 10 nitrogen and oxygen atoms in total. The van der Waals surface area contributed by atoms with Gasteiger partial charge >= 0.3 is 5.97 Å². The lowest BCUT2D eigenvalue weighted by atomic mass is 9.72. The number of methoxy groups -OCH3 is 1. The number of nitrogens with one attached hydrogen (secondary N) is 3. The van der Waals surface area contributed by atoms with Gasteiger partial charge in [-0.1, -0.05) is 52.0 Å². The van der Waals surface area contributed by atoms with Crippen LogP contribution >= 0.6 is 23.1 Å². The van der Waals surface area contributed by atoms with E-state index in [9.17, 15) is 24.3 Å². The molecule has 1 aliphatic rings. The molecule has 0 fully saturated rings. The van der Waals surface area contributed by atoms with Gasteiger partial charge in [-0.25, -0.2) is 4.79 Å². The van der Waals surface area contributed by atoms with E-state index in [1.807, 2.05) is 13.0 Å². The Labute approximate surface area is 324 Å². The Morgan fingerprint density at radius 3 is 2.44 bits per heavy atom. The van der Waals surface area contributed by atoms with E-state index in [1.165, 1.54) is 48.4 Å². The number of hydrogen-bond acceptors (Lipinski definition) is 9. The molecule has 0 radical (unpaired) electrons. The number of esters is 1. The number of benzene rings is 3. The van der Waals surface area contributed by atoms with Gasteiger partial charge in [-0.15, -0.1) is 23.1 Å². The standard InChI is InChI=1S/C42H47N3O7S2/c1-7-34(39(49)45-40-36(41(50)52-8-2)31-20-18-27(42(3,4)5)22-35(31)54-40)53-30-16-12-15-28(23-30)43-38(48)32(44-37(47)25-13-10-9-11-14-25)21-26-17-19-29(46)24-33(26)51-6/h9-17,19,21,23-24,27,34,46H,7-8,18,20,22H2,1-6H3,(H,43,48)(H,44,47)(H,45,49)/b32-21+. The van der Waals surface area contributed by atoms with Crippen LogP contribution < -0.4 is 20.7 Å². The number of amides is 3. The van der Waals surface area contributed by atoms with Crippen LogP contribution in [0, 0.1) is 11.3 Å². The van der Waals surface area contributed by atoms with E-state index in [0.717, 1.165) is 34.6 Å². The zero-order valence-corrected chi connectivity index (χ0v) is 33.0. The summed E-state index contributed by atoms with van der Waals surface area (Å²) in [5.41, 5.74) is 2.79. The summed E-state index contributed by atoms with van der Waals surface area (Å²) in [6.45, 7) is 10.7. The van der Waals surface area contributed by atoms with E-state index >= 15 is 0 Å². The number of thioether (sulfide) groups is 1. The van der Waals surface area contributed by atoms with E-state index in [-0.39, 0.29) is 29.4 Å². The molecule has 2 unspecified atom stereocenters. The van der Waals surface area contributed by atoms with Gasteiger partial charge in [0.1, 0.15) is 22.2 Å². The van der Waals surface area contributed by atoms with E-state index < -0.39 is 23.0 Å². The number of carbonyl (C=O) groups excluding carboxylic acids is 4. The largest absolute Gasteiger partial charge is 0.508 e. The van der Waals surface area contributed by atoms with Gasteiger partial charge in [-0.3, -0.25) is 14.4 Å². The minimum atomic E-state index is -0.594. The third-order valence-corrected chi connectivity index (χ3v) is 11.8. The van der Waals surface area contributed by atoms with Gasteiger partial charge in [0.05, 0.1) is 24.5 Å². The number of ether oxygens (including phenoxy) is 2. The quantitative estimate of drug-likeness (QED) is 0.0601. The minimum absolute atomic E-state index is 0.0140. The van der Waals surface area contributed by atoms with E-state index in [1.54, 1.807) is 61.5 Å². The van der Waals surface area contributed by atoms with Gasteiger partial charge in [0.15, 0.2) is 0 Å². The maximum atomic E-state index is 13.8. The lowest BCUT2D eigenvalue weighted by Gasteiger charge is -2.33. The zero-order chi connectivity index (χ0) is 39.0. The summed E-state index contributed by atoms with van der Waals surface area (Å²) in [5, 5.41) is 18.6. The van der Waals surface area contributed by atoms with Crippen molar-refractivity contribution in [3.05, 3.63) is 106 Å². The number of phenolic OH excluding ortho intramolecular Hbond substituents is 1. The number of phenols is 1. The topological polar surface area (TPSA) is 143 Å². The predicted octanol–water partition coefficient (Wildman–Crippen LogP) is 8.71. The maximum Gasteiger partial charge on any atom is 0.341 e. The molecular formula is C42H47N3O7S2. The molecule has 0 saturated carbocycles. The smallest absolute Gasteiger partial charge is 0.341 e. The number of rotatable bonds is 13. The van der Waals surface area contributed by atoms with Crippen LogP contribution in [0.2, 0.25) is 0 Å². The van der Waals surface area contributed by atoms with Gasteiger partial charge in [-0.05, 0) is 98.0 Å². The Bertz CT molecular complexity index is 2030. The molecule has 0 bridgehead atoms. The van der Waals surface area contributed by atoms with Crippen LogP contribution in [0.4, 0.5) is 10.7 Å². The molecule has 0 aliphatic heterocycles. The highest BCUT2D eigenvalue weighted by atomic mass is 32.2. The molecule has 2 atom stereocenters. The van der Waals surface area contributed by atoms with Crippen LogP contribution in [0.15, 0.2) is 83.4 Å². The first-order valence-electron chi connectivity index (χ1n) is 18.0. The highest BCUT2D eigenvalue weighted by Crippen LogP contribution is 2.45. The third-order valence-electron chi connectivity index (χ3n) is 9.29. The van der Waals surface area contributed by atoms with Crippen LogP contribution in [0.3, 0.4) is 0 Å². The van der Waals surface area contributed by atoms with E-state index in [2.05, 4.69) is 36.7 Å². The molecule has 54 heavy (non-hydrogen) atoms. The molecule has 5 rings (SSSR count). The van der Waals surface area contributed by atoms with Crippen molar-refractivity contribution in [1.29, 1.82) is 0 Å². The van der Waals surface area contributed by atoms with E-state index in [0.29, 0.717) is 45.5 Å². The normalized spacial score (nSPS) is 14.7. The summed E-state index contributed by atoms with van der Waals surface area (Å²) >= 11 is 2.82. The maximum absolute atomic E-state index is 13.8. The van der Waals surface area contributed by atoms with Crippen LogP contribution in [0.5, 0.6) is 11.5 Å². The summed E-state index contributed by atoms with van der Waals surface area (Å²) in [6, 6.07) is 20.1. The Hall–Kier alpha value is -5.07. The minimum Gasteiger partial charge on any atom is -0.508 e. The van der Waals surface area contributed by atoms with Crippen molar-refractivity contribution in [3.63, 3.8) is 0 Å². The Morgan fingerprint density at radius 2 is 1.76 bits per heavy atom. The van der Waals surface area contributed by atoms with Gasteiger partial charge in [-0.2, -0.15) is 0 Å². The summed E-state index contributed by atoms with van der Waals surface area (Å²) in [6.07, 6.45) is 4.56. The Balaban J connectivity index is 1.35. The average Bonchev–Trinajstić information content (AvgIpc) is 3.51. The van der Waals surface area contributed by atoms with Crippen molar-refractivity contribution in [2.45, 2.75) is 70.4 Å². The van der Waals surface area contributed by atoms with Gasteiger partial charge in [0, 0.05) is 32.7 Å². The lowest BCUT2D eigenvalue weighted by Crippen LogP contribution is -2.30. The lowest BCUT2D eigenvalue weighted by molar-refractivity contribution is -0.116. The van der Waals surface area contributed by atoms with Crippen LogP contribution in [0.25, 0.3) is 6.08 Å². The fourth-order valence-electron chi connectivity index (χ4n) is 6.27. The molecule has 0 saturated heterocycles. The van der Waals surface area contributed by atoms with Crippen LogP contribution in [-0.2, 0) is 27.2 Å². The van der Waals surface area contributed by atoms with Crippen molar-refractivity contribution in [3.8, 4) is 11.5 Å². The van der Waals surface area contributed by atoms with Crippen molar-refractivity contribution < 1.29 is 33.8 Å². The van der Waals surface area contributed by atoms with E-state index in [4.69, 9.17) is 9.47 Å². The summed E-state index contributed by atoms with van der Waals surface area (Å²) in [5.74, 6) is -0.962. The summed E-state index contributed by atoms with van der Waals surface area (Å²) in [7, 11) is 1.44. The number of anilines is 2. The molecule has 1 aliphatic carbocycles. The molecule has 0 spiro atoms. The van der Waals surface area contributed by atoms with Crippen molar-refractivity contribution in [2.75, 3.05) is 24.4 Å². The first-order chi connectivity index (χ1) is 25.8. The van der Waals surface area contributed by atoms with Crippen LogP contribution in [-0.4, -0.2) is 47.8 Å². The molecule has 3 amide bonds. The molecule has 1 aromatic heterocycles. The predicted molar refractivity (Wildman–Crippen MR) is 215 cm³/mol. The number of hydrogen-bond donors (Lipinski definition) is 4. The zero-order valence-electron chi connectivity index (χ0n) is 31.4. The molecule has 12 heteroatoms. The first kappa shape index (κ1) is 40.1. The molecule has 1 heterocycles. The van der Waals surface area contributed by atoms with Gasteiger partial charge in [0.25, 0.3) is 11.8 Å². The number of fused-ring (bicyclic) bond motifs is 1. The Morgan fingerprint density at radius 1 is 1.00 bits per heavy atom. The SMILES string of the molecule is CCOC(=O)c1c(NC(=O)C(CC)Sc2cccc(NC(=O)/C(=C\c3ccc(O)cc3OC)NC(=O)c3ccccc3)c2)sc2c1CCC(C(C)(C)C)C2. The molecule has 3 aromatic carbocycles. The highest BCUT2D eigenvalue weighted by molar-refractivity contribution is 8.00. The fourth-order valence-corrected chi connectivity index (χ4v) is 8.61. The molecule has 4 aromatic rings. The van der Waals surface area contributed by atoms with Gasteiger partial charge < -0.3 is 30.5 Å². The summed E-state index contributed by atoms with van der Waals surface area (Å²) in [4.78, 5) is 55.8. The highest BCUT2D eigenvalue weighted by Gasteiger charge is 2.35. The van der Waals surface area contributed by atoms with Crippen molar-refractivity contribution in [2.24, 2.45) is 11.3 Å². The third kappa shape index (κ3) is 9.91. The average molecular weight is 770 g/mol. The monoisotopic (exact) mass is 769 g/mol. The van der Waals surface area contributed by atoms with Gasteiger partial charge in [0.2, 0.25) is 5.91 Å². The Kier molecular flexibility index (Phi) is 13.3. The number of carbonyl (C=O) groups is 4. The molecule has 284 valence electrons. The second-order valence-electron chi connectivity index (χ2n) is 14.0. The first-order valence-corrected chi connectivity index (χ1v) is 19.7.